The van der Waals surface area contributed by atoms with Crippen molar-refractivity contribution in [3.8, 4) is 0 Å². The molecule has 2 aliphatic rings. The molecule has 10 nitrogen and oxygen atoms in total. The molecule has 0 bridgehead atoms. The quantitative estimate of drug-likeness (QED) is 0.299. The Kier molecular flexibility index (Phi) is 11.3. The minimum Gasteiger partial charge on any atom is -0.346 e. The van der Waals surface area contributed by atoms with E-state index in [9.17, 15) is 32.9 Å². The molecule has 0 aliphatic carbocycles. The van der Waals surface area contributed by atoms with Crippen LogP contribution in [0.25, 0.3) is 0 Å². The van der Waals surface area contributed by atoms with Crippen molar-refractivity contribution >= 4 is 43.8 Å². The Morgan fingerprint density at radius 3 is 2.49 bits per heavy atom. The van der Waals surface area contributed by atoms with Gasteiger partial charge in [-0.2, -0.15) is 8.78 Å². The van der Waals surface area contributed by atoms with Gasteiger partial charge in [0.05, 0.1) is 6.61 Å². The Bertz CT molecular complexity index is 1280. The fourth-order valence-electron chi connectivity index (χ4n) is 4.34. The summed E-state index contributed by atoms with van der Waals surface area (Å²) in [6.45, 7) is 5.17. The number of imide groups is 1. The number of nitrogens with one attached hydrogen (secondary N) is 1. The van der Waals surface area contributed by atoms with Crippen LogP contribution in [0.1, 0.15) is 60.7 Å². The highest BCUT2D eigenvalue weighted by molar-refractivity contribution is 7.40. The molecule has 1 fully saturated rings. The third-order valence-electron chi connectivity index (χ3n) is 6.34. The number of nitrogens with zero attached hydrogens (tertiary/aromatic N) is 2. The van der Waals surface area contributed by atoms with E-state index in [1.165, 1.54) is 29.2 Å². The van der Waals surface area contributed by atoms with E-state index in [1.807, 2.05) is 13.8 Å². The Hall–Kier alpha value is -3.02. The van der Waals surface area contributed by atoms with Crippen molar-refractivity contribution in [2.45, 2.75) is 58.7 Å². The van der Waals surface area contributed by atoms with Gasteiger partial charge in [0.15, 0.2) is 0 Å². The standard InChI is InChI=1S/C25H25ClF2N3O7P.C2H6/c1-2-37-39(36)38-14-31-21(32)10-9-20(23(31)34)30-13-16-11-15(3-8-19(16)22(30)33)12-29-24(35)25(27,28)17-4-6-18(26)7-5-17;1-2/h3-8,11,20,36H,2,9-10,12-14H2,1H3,(H,29,35);1-2H3. The Morgan fingerprint density at radius 2 is 1.83 bits per heavy atom. The topological polar surface area (TPSA) is 125 Å². The van der Waals surface area contributed by atoms with Gasteiger partial charge in [-0.3, -0.25) is 28.6 Å². The summed E-state index contributed by atoms with van der Waals surface area (Å²) in [5, 5.41) is 2.48. The molecule has 2 heterocycles. The van der Waals surface area contributed by atoms with Crippen molar-refractivity contribution < 1.29 is 41.9 Å². The highest BCUT2D eigenvalue weighted by Crippen LogP contribution is 2.34. The van der Waals surface area contributed by atoms with Crippen molar-refractivity contribution in [3.05, 3.63) is 69.7 Å². The number of piperidine rings is 1. The van der Waals surface area contributed by atoms with Crippen LogP contribution < -0.4 is 5.32 Å². The van der Waals surface area contributed by atoms with Crippen molar-refractivity contribution in [1.29, 1.82) is 0 Å². The van der Waals surface area contributed by atoms with Gasteiger partial charge in [-0.25, -0.2) is 0 Å². The van der Waals surface area contributed by atoms with Crippen LogP contribution in [0, 0.1) is 0 Å². The smallest absolute Gasteiger partial charge is 0.346 e. The Morgan fingerprint density at radius 1 is 1.15 bits per heavy atom. The van der Waals surface area contributed by atoms with Gasteiger partial charge >= 0.3 is 14.5 Å². The normalized spacial score (nSPS) is 17.6. The molecule has 0 radical (unpaired) electrons. The van der Waals surface area contributed by atoms with Crippen LogP contribution in [0.2, 0.25) is 5.02 Å². The molecular formula is C27H31ClF2N3O7P. The fraction of sp³-hybridized carbons (Fsp3) is 0.407. The zero-order valence-corrected chi connectivity index (χ0v) is 24.4. The minimum absolute atomic E-state index is 0.00298. The molecule has 1 saturated heterocycles. The van der Waals surface area contributed by atoms with Crippen LogP contribution in [0.4, 0.5) is 8.78 Å². The molecule has 2 aromatic carbocycles. The number of hydrogen-bond acceptors (Lipinski definition) is 7. The second-order valence-corrected chi connectivity index (χ2v) is 10.2. The van der Waals surface area contributed by atoms with Crippen LogP contribution >= 0.6 is 20.2 Å². The number of carbonyl (C=O) groups excluding carboxylic acids is 4. The molecule has 4 rings (SSSR count). The Balaban J connectivity index is 0.00000226. The maximum Gasteiger partial charge on any atom is 0.349 e. The molecular weight excluding hydrogens is 583 g/mol. The lowest BCUT2D eigenvalue weighted by molar-refractivity contribution is -0.156. The summed E-state index contributed by atoms with van der Waals surface area (Å²) in [5.74, 6) is -6.80. The largest absolute Gasteiger partial charge is 0.349 e. The average Bonchev–Trinajstić information content (AvgIpc) is 3.28. The first-order valence-electron chi connectivity index (χ1n) is 13.0. The minimum atomic E-state index is -3.78. The van der Waals surface area contributed by atoms with Crippen molar-refractivity contribution in [2.24, 2.45) is 0 Å². The van der Waals surface area contributed by atoms with Crippen molar-refractivity contribution in [1.82, 2.24) is 15.1 Å². The predicted molar refractivity (Wildman–Crippen MR) is 146 cm³/mol. The summed E-state index contributed by atoms with van der Waals surface area (Å²) >= 11 is 5.73. The van der Waals surface area contributed by atoms with E-state index in [4.69, 9.17) is 20.6 Å². The number of rotatable bonds is 10. The number of amides is 4. The zero-order valence-electron chi connectivity index (χ0n) is 22.7. The molecule has 2 aliphatic heterocycles. The molecule has 4 amide bonds. The fourth-order valence-corrected chi connectivity index (χ4v) is 4.98. The first kappa shape index (κ1) is 32.5. The van der Waals surface area contributed by atoms with Gasteiger partial charge in [0.1, 0.15) is 12.8 Å². The van der Waals surface area contributed by atoms with E-state index in [1.54, 1.807) is 13.0 Å². The summed E-state index contributed by atoms with van der Waals surface area (Å²) in [6.07, 6.45) is 0.118. The zero-order chi connectivity index (χ0) is 30.3. The molecule has 222 valence electrons. The van der Waals surface area contributed by atoms with E-state index in [-0.39, 0.29) is 37.6 Å². The number of fused-ring (bicyclic) bond motifs is 1. The lowest BCUT2D eigenvalue weighted by Gasteiger charge is -2.35. The molecule has 41 heavy (non-hydrogen) atoms. The molecule has 2 unspecified atom stereocenters. The molecule has 0 spiro atoms. The summed E-state index contributed by atoms with van der Waals surface area (Å²) in [5.41, 5.74) is 0.873. The van der Waals surface area contributed by atoms with E-state index in [0.717, 1.165) is 17.0 Å². The lowest BCUT2D eigenvalue weighted by Crippen LogP contribution is -2.55. The average molecular weight is 614 g/mol. The third kappa shape index (κ3) is 7.44. The van der Waals surface area contributed by atoms with Gasteiger partial charge in [0.2, 0.25) is 5.91 Å². The molecule has 0 aromatic heterocycles. The predicted octanol–water partition coefficient (Wildman–Crippen LogP) is 4.48. The van der Waals surface area contributed by atoms with E-state index in [2.05, 4.69) is 5.32 Å². The van der Waals surface area contributed by atoms with Crippen LogP contribution in [-0.4, -0.2) is 57.7 Å². The molecule has 2 N–H and O–H groups in total. The summed E-state index contributed by atoms with van der Waals surface area (Å²) < 4.78 is 39.1. The second-order valence-electron chi connectivity index (χ2n) is 8.82. The van der Waals surface area contributed by atoms with Crippen LogP contribution in [0.15, 0.2) is 42.5 Å². The number of halogens is 3. The van der Waals surface area contributed by atoms with Gasteiger partial charge in [-0.15, -0.1) is 0 Å². The number of carbonyl (C=O) groups is 4. The first-order valence-corrected chi connectivity index (χ1v) is 14.5. The number of likely N-dealkylation sites (tertiary alicyclic amines) is 1. The summed E-state index contributed by atoms with van der Waals surface area (Å²) in [6, 6.07) is 8.41. The molecule has 2 atom stereocenters. The van der Waals surface area contributed by atoms with Gasteiger partial charge in [-0.1, -0.05) is 49.7 Å². The highest BCUT2D eigenvalue weighted by atomic mass is 35.5. The number of hydrogen-bond donors (Lipinski definition) is 2. The van der Waals surface area contributed by atoms with Crippen LogP contribution in [0.3, 0.4) is 0 Å². The molecule has 14 heteroatoms. The van der Waals surface area contributed by atoms with Crippen molar-refractivity contribution in [2.75, 3.05) is 13.3 Å². The maximum absolute atomic E-state index is 14.6. The second kappa shape index (κ2) is 14.2. The van der Waals surface area contributed by atoms with Gasteiger partial charge in [-0.05, 0) is 42.7 Å². The third-order valence-corrected chi connectivity index (χ3v) is 7.41. The van der Waals surface area contributed by atoms with Gasteiger partial charge < -0.3 is 19.6 Å². The van der Waals surface area contributed by atoms with Gasteiger partial charge in [0, 0.05) is 35.7 Å². The lowest BCUT2D eigenvalue weighted by atomic mass is 10.0. The SMILES string of the molecule is CC.CCOP(O)OCN1C(=O)CCC(N2Cc3cc(CNC(=O)C(F)(F)c4ccc(Cl)cc4)ccc3C2=O)C1=O. The summed E-state index contributed by atoms with van der Waals surface area (Å²) in [7, 11) is -2.26. The maximum atomic E-state index is 14.6. The number of benzene rings is 2. The summed E-state index contributed by atoms with van der Waals surface area (Å²) in [4.78, 5) is 62.5. The first-order chi connectivity index (χ1) is 19.5. The van der Waals surface area contributed by atoms with Gasteiger partial charge in [0.25, 0.3) is 17.7 Å². The monoisotopic (exact) mass is 613 g/mol. The van der Waals surface area contributed by atoms with E-state index in [0.29, 0.717) is 16.7 Å². The van der Waals surface area contributed by atoms with Crippen LogP contribution in [0.5, 0.6) is 0 Å². The highest BCUT2D eigenvalue weighted by Gasteiger charge is 2.43. The number of alkyl halides is 2. The van der Waals surface area contributed by atoms with E-state index < -0.39 is 56.5 Å². The van der Waals surface area contributed by atoms with Crippen LogP contribution in [-0.2, 0) is 42.4 Å². The Labute approximate surface area is 242 Å². The van der Waals surface area contributed by atoms with Crippen molar-refractivity contribution in [3.63, 3.8) is 0 Å². The molecule has 0 saturated carbocycles. The molecule has 2 aromatic rings. The van der Waals surface area contributed by atoms with E-state index >= 15 is 0 Å².